The summed E-state index contributed by atoms with van der Waals surface area (Å²) < 4.78 is 0. The van der Waals surface area contributed by atoms with Crippen LogP contribution in [0.15, 0.2) is 0 Å². The topological polar surface area (TPSA) is 43.8 Å². The van der Waals surface area contributed by atoms with E-state index in [1.54, 1.807) is 0 Å². The summed E-state index contributed by atoms with van der Waals surface area (Å²) in [5, 5.41) is 8.80. The lowest BCUT2D eigenvalue weighted by Gasteiger charge is -2.52. The van der Waals surface area contributed by atoms with Crippen molar-refractivity contribution in [2.75, 3.05) is 32.7 Å². The van der Waals surface area contributed by atoms with E-state index in [1.807, 2.05) is 0 Å². The third-order valence-corrected chi connectivity index (χ3v) is 3.78. The zero-order chi connectivity index (χ0) is 10.9. The minimum Gasteiger partial charge on any atom is -0.465 e. The molecule has 0 saturated carbocycles. The van der Waals surface area contributed by atoms with E-state index in [-0.39, 0.29) is 0 Å². The number of hydrogen-bond donors (Lipinski definition) is 1. The van der Waals surface area contributed by atoms with Crippen molar-refractivity contribution in [2.45, 2.75) is 26.2 Å². The first-order valence-corrected chi connectivity index (χ1v) is 5.85. The average molecular weight is 212 g/mol. The molecule has 1 amide bonds. The maximum atomic E-state index is 10.7. The molecule has 1 N–H and O–H groups in total. The molecular formula is C11H20N2O2. The Morgan fingerprint density at radius 1 is 1.33 bits per heavy atom. The summed E-state index contributed by atoms with van der Waals surface area (Å²) in [6, 6.07) is 0. The van der Waals surface area contributed by atoms with E-state index < -0.39 is 6.09 Å². The molecule has 0 bridgehead atoms. The van der Waals surface area contributed by atoms with Crippen LogP contribution in [-0.4, -0.2) is 53.7 Å². The van der Waals surface area contributed by atoms with Gasteiger partial charge in [-0.25, -0.2) is 4.79 Å². The lowest BCUT2D eigenvalue weighted by molar-refractivity contribution is -0.0336. The van der Waals surface area contributed by atoms with Crippen LogP contribution in [0.25, 0.3) is 0 Å². The summed E-state index contributed by atoms with van der Waals surface area (Å²) >= 11 is 0. The molecule has 2 heterocycles. The molecule has 0 aromatic carbocycles. The largest absolute Gasteiger partial charge is 0.465 e. The predicted molar refractivity (Wildman–Crippen MR) is 58.0 cm³/mol. The molecule has 2 aliphatic rings. The summed E-state index contributed by atoms with van der Waals surface area (Å²) in [4.78, 5) is 14.7. The molecule has 0 aliphatic carbocycles. The van der Waals surface area contributed by atoms with Crippen molar-refractivity contribution in [3.63, 3.8) is 0 Å². The van der Waals surface area contributed by atoms with Gasteiger partial charge in [0.25, 0.3) is 0 Å². The van der Waals surface area contributed by atoms with Gasteiger partial charge >= 0.3 is 6.09 Å². The van der Waals surface area contributed by atoms with Crippen molar-refractivity contribution >= 4 is 6.09 Å². The Hall–Kier alpha value is -0.770. The quantitative estimate of drug-likeness (QED) is 0.754. The van der Waals surface area contributed by atoms with Gasteiger partial charge in [0.2, 0.25) is 0 Å². The second-order valence-electron chi connectivity index (χ2n) is 4.98. The number of piperidine rings is 1. The normalized spacial score (nSPS) is 25.3. The highest BCUT2D eigenvalue weighted by molar-refractivity contribution is 5.66. The van der Waals surface area contributed by atoms with Gasteiger partial charge in [-0.2, -0.15) is 0 Å². The van der Waals surface area contributed by atoms with E-state index in [0.29, 0.717) is 5.41 Å². The molecule has 4 heteroatoms. The number of carbonyl (C=O) groups is 1. The second kappa shape index (κ2) is 4.00. The Labute approximate surface area is 90.9 Å². The lowest BCUT2D eigenvalue weighted by Crippen LogP contribution is -2.61. The van der Waals surface area contributed by atoms with E-state index in [2.05, 4.69) is 11.8 Å². The highest BCUT2D eigenvalue weighted by Crippen LogP contribution is 2.40. The van der Waals surface area contributed by atoms with E-state index in [0.717, 1.165) is 26.2 Å². The fourth-order valence-corrected chi connectivity index (χ4v) is 2.78. The molecule has 2 rings (SSSR count). The number of amides is 1. The van der Waals surface area contributed by atoms with Crippen LogP contribution in [0.2, 0.25) is 0 Å². The summed E-state index contributed by atoms with van der Waals surface area (Å²) in [5.41, 5.74) is 0.336. The molecule has 0 aromatic rings. The molecule has 2 saturated heterocycles. The van der Waals surface area contributed by atoms with Crippen molar-refractivity contribution in [1.82, 2.24) is 9.80 Å². The first-order valence-electron chi connectivity index (χ1n) is 5.85. The van der Waals surface area contributed by atoms with Gasteiger partial charge in [-0.3, -0.25) is 0 Å². The molecule has 0 atom stereocenters. The average Bonchev–Trinajstić information content (AvgIpc) is 2.16. The van der Waals surface area contributed by atoms with Crippen LogP contribution in [0.1, 0.15) is 26.2 Å². The van der Waals surface area contributed by atoms with E-state index >= 15 is 0 Å². The molecule has 15 heavy (non-hydrogen) atoms. The Morgan fingerprint density at radius 3 is 2.40 bits per heavy atom. The number of likely N-dealkylation sites (tertiary alicyclic amines) is 2. The summed E-state index contributed by atoms with van der Waals surface area (Å²) in [5.74, 6) is 0. The smallest absolute Gasteiger partial charge is 0.407 e. The highest BCUT2D eigenvalue weighted by Gasteiger charge is 2.46. The van der Waals surface area contributed by atoms with Crippen LogP contribution in [0, 0.1) is 5.41 Å². The highest BCUT2D eigenvalue weighted by atomic mass is 16.4. The minimum atomic E-state index is -0.753. The molecular weight excluding hydrogens is 192 g/mol. The van der Waals surface area contributed by atoms with Gasteiger partial charge in [-0.1, -0.05) is 6.92 Å². The molecule has 86 valence electrons. The van der Waals surface area contributed by atoms with Crippen molar-refractivity contribution in [2.24, 2.45) is 5.41 Å². The van der Waals surface area contributed by atoms with Crippen molar-refractivity contribution in [3.8, 4) is 0 Å². The monoisotopic (exact) mass is 212 g/mol. The fraction of sp³-hybridized carbons (Fsp3) is 0.909. The van der Waals surface area contributed by atoms with Crippen molar-refractivity contribution in [3.05, 3.63) is 0 Å². The fourth-order valence-electron chi connectivity index (χ4n) is 2.78. The Bertz CT molecular complexity index is 239. The number of rotatable bonds is 2. The van der Waals surface area contributed by atoms with Gasteiger partial charge in [0.15, 0.2) is 0 Å². The van der Waals surface area contributed by atoms with Crippen LogP contribution < -0.4 is 0 Å². The molecule has 1 spiro atoms. The summed E-state index contributed by atoms with van der Waals surface area (Å²) in [6.07, 6.45) is 2.82. The number of hydrogen-bond acceptors (Lipinski definition) is 2. The molecule has 2 aliphatic heterocycles. The zero-order valence-corrected chi connectivity index (χ0v) is 9.41. The maximum Gasteiger partial charge on any atom is 0.407 e. The first-order chi connectivity index (χ1) is 7.15. The summed E-state index contributed by atoms with van der Waals surface area (Å²) in [7, 11) is 0. The van der Waals surface area contributed by atoms with Crippen LogP contribution in [0.4, 0.5) is 4.79 Å². The molecule has 0 radical (unpaired) electrons. The van der Waals surface area contributed by atoms with Gasteiger partial charge in [0.1, 0.15) is 0 Å². The number of carboxylic acid groups (broad SMARTS) is 1. The second-order valence-corrected chi connectivity index (χ2v) is 4.98. The lowest BCUT2D eigenvalue weighted by atomic mass is 9.72. The molecule has 2 fully saturated rings. The maximum absolute atomic E-state index is 10.7. The van der Waals surface area contributed by atoms with Crippen LogP contribution >= 0.6 is 0 Å². The third-order valence-electron chi connectivity index (χ3n) is 3.78. The van der Waals surface area contributed by atoms with Gasteiger partial charge in [0, 0.05) is 18.5 Å². The van der Waals surface area contributed by atoms with Crippen LogP contribution in [0.3, 0.4) is 0 Å². The zero-order valence-electron chi connectivity index (χ0n) is 9.41. The van der Waals surface area contributed by atoms with Gasteiger partial charge < -0.3 is 14.9 Å². The third kappa shape index (κ3) is 2.09. The van der Waals surface area contributed by atoms with Gasteiger partial charge in [-0.05, 0) is 38.9 Å². The standard InChI is InChI=1S/C11H20N2O2/c1-2-5-12-6-3-11(4-7-12)8-13(9-11)10(14)15/h2-9H2,1H3,(H,14,15). The van der Waals surface area contributed by atoms with Gasteiger partial charge in [0.05, 0.1) is 0 Å². The predicted octanol–water partition coefficient (Wildman–Crippen LogP) is 1.47. The number of nitrogens with zero attached hydrogens (tertiary/aromatic N) is 2. The Morgan fingerprint density at radius 2 is 1.93 bits per heavy atom. The van der Waals surface area contributed by atoms with Crippen LogP contribution in [0.5, 0.6) is 0 Å². The Balaban J connectivity index is 1.77. The summed E-state index contributed by atoms with van der Waals surface area (Å²) in [6.45, 7) is 7.24. The Kier molecular flexibility index (Phi) is 2.87. The van der Waals surface area contributed by atoms with E-state index in [4.69, 9.17) is 5.11 Å². The van der Waals surface area contributed by atoms with Crippen LogP contribution in [-0.2, 0) is 0 Å². The van der Waals surface area contributed by atoms with Gasteiger partial charge in [-0.15, -0.1) is 0 Å². The SMILES string of the molecule is CCCN1CCC2(CC1)CN(C(=O)O)C2. The van der Waals surface area contributed by atoms with E-state index in [9.17, 15) is 4.79 Å². The van der Waals surface area contributed by atoms with E-state index in [1.165, 1.54) is 30.7 Å². The minimum absolute atomic E-state index is 0.336. The first kappa shape index (κ1) is 10.7. The molecule has 0 aromatic heterocycles. The molecule has 4 nitrogen and oxygen atoms in total. The van der Waals surface area contributed by atoms with Crippen molar-refractivity contribution < 1.29 is 9.90 Å². The van der Waals surface area contributed by atoms with Crippen molar-refractivity contribution in [1.29, 1.82) is 0 Å². The molecule has 0 unspecified atom stereocenters.